The van der Waals surface area contributed by atoms with E-state index < -0.39 is 44.7 Å². The van der Waals surface area contributed by atoms with Gasteiger partial charge in [0.25, 0.3) is 0 Å². The first-order valence-corrected chi connectivity index (χ1v) is 13.9. The van der Waals surface area contributed by atoms with Crippen LogP contribution < -0.4 is 16.1 Å². The highest BCUT2D eigenvalue weighted by Gasteiger charge is 2.42. The van der Waals surface area contributed by atoms with Gasteiger partial charge in [0.15, 0.2) is 0 Å². The molecule has 0 aliphatic heterocycles. The van der Waals surface area contributed by atoms with Crippen LogP contribution in [0.3, 0.4) is 0 Å². The number of hydrogen-bond donors (Lipinski definition) is 4. The third-order valence-corrected chi connectivity index (χ3v) is 8.19. The molecule has 0 aromatic heterocycles. The summed E-state index contributed by atoms with van der Waals surface area (Å²) in [6, 6.07) is 5.41. The first-order chi connectivity index (χ1) is 13.1. The largest absolute Gasteiger partial charge is 0.491 e. The van der Waals surface area contributed by atoms with Crippen LogP contribution in [-0.4, -0.2) is 65.0 Å². The third-order valence-electron chi connectivity index (χ3n) is 6.17. The molecule has 0 bridgehead atoms. The van der Waals surface area contributed by atoms with Crippen LogP contribution in [-0.2, 0) is 9.31 Å². The van der Waals surface area contributed by atoms with Gasteiger partial charge in [0.05, 0.1) is 30.5 Å². The second-order valence-corrected chi connectivity index (χ2v) is 16.3. The van der Waals surface area contributed by atoms with E-state index in [1.165, 1.54) is 0 Å². The quantitative estimate of drug-likeness (QED) is 0.425. The van der Waals surface area contributed by atoms with Crippen LogP contribution in [0, 0.1) is 0 Å². The average Bonchev–Trinajstić information content (AvgIpc) is 2.50. The molecule has 0 heterocycles. The monoisotopic (exact) mass is 438 g/mol. The Bertz CT molecular complexity index is 680. The second kappa shape index (κ2) is 8.69. The van der Waals surface area contributed by atoms with Gasteiger partial charge in [-0.05, 0) is 66.3 Å². The van der Waals surface area contributed by atoms with Crippen LogP contribution in [0.4, 0.5) is 0 Å². The minimum absolute atomic E-state index is 0.478. The molecule has 9 heteroatoms. The predicted molar refractivity (Wildman–Crippen MR) is 128 cm³/mol. The number of rotatable bonds is 9. The molecule has 30 heavy (non-hydrogen) atoms. The van der Waals surface area contributed by atoms with Gasteiger partial charge in [-0.1, -0.05) is 43.0 Å². The van der Waals surface area contributed by atoms with Gasteiger partial charge in [0, 0.05) is 0 Å². The normalized spacial score (nSPS) is 14.1. The number of benzene rings is 1. The SMILES string of the molecule is CC(C)(O)C(C)(C)OB(O)c1cc(B(O)OC(C)(C)C(C)(C)O)cc([Si](C)(C)C)c1. The minimum Gasteiger partial charge on any atom is -0.423 e. The fraction of sp³-hybridized carbons (Fsp3) is 0.714. The molecule has 0 amide bonds. The maximum Gasteiger partial charge on any atom is 0.491 e. The van der Waals surface area contributed by atoms with Crippen molar-refractivity contribution in [1.29, 1.82) is 0 Å². The third kappa shape index (κ3) is 6.66. The Kier molecular flexibility index (Phi) is 7.93. The molecular formula is C21H40B2O6Si. The molecule has 0 spiro atoms. The summed E-state index contributed by atoms with van der Waals surface area (Å²) in [5.74, 6) is 0. The highest BCUT2D eigenvalue weighted by Crippen LogP contribution is 2.26. The fourth-order valence-corrected chi connectivity index (χ4v) is 3.58. The smallest absolute Gasteiger partial charge is 0.423 e. The van der Waals surface area contributed by atoms with E-state index in [1.54, 1.807) is 61.5 Å². The van der Waals surface area contributed by atoms with Gasteiger partial charge in [0.2, 0.25) is 0 Å². The van der Waals surface area contributed by atoms with E-state index in [4.69, 9.17) is 9.31 Å². The molecule has 0 atom stereocenters. The fourth-order valence-electron chi connectivity index (χ4n) is 2.38. The summed E-state index contributed by atoms with van der Waals surface area (Å²) < 4.78 is 11.6. The lowest BCUT2D eigenvalue weighted by Crippen LogP contribution is -2.56. The van der Waals surface area contributed by atoms with E-state index in [0.29, 0.717) is 10.9 Å². The molecule has 0 radical (unpaired) electrons. The summed E-state index contributed by atoms with van der Waals surface area (Å²) in [7, 11) is -4.40. The lowest BCUT2D eigenvalue weighted by molar-refractivity contribution is -0.0984. The molecule has 0 unspecified atom stereocenters. The molecule has 0 saturated carbocycles. The number of hydrogen-bond acceptors (Lipinski definition) is 6. The number of aliphatic hydroxyl groups is 2. The van der Waals surface area contributed by atoms with Gasteiger partial charge in [-0.15, -0.1) is 0 Å². The van der Waals surface area contributed by atoms with Gasteiger partial charge < -0.3 is 29.6 Å². The van der Waals surface area contributed by atoms with Crippen LogP contribution in [0.5, 0.6) is 0 Å². The Labute approximate surface area is 183 Å². The Hall–Kier alpha value is -0.673. The van der Waals surface area contributed by atoms with Crippen LogP contribution in [0.2, 0.25) is 19.6 Å². The summed E-state index contributed by atoms with van der Waals surface area (Å²) in [6.45, 7) is 19.8. The Morgan fingerprint density at radius 2 is 0.967 bits per heavy atom. The Balaban J connectivity index is 3.37. The van der Waals surface area contributed by atoms with Gasteiger partial charge in [-0.25, -0.2) is 0 Å². The van der Waals surface area contributed by atoms with E-state index in [9.17, 15) is 20.3 Å². The summed E-state index contributed by atoms with van der Waals surface area (Å²) >= 11 is 0. The Morgan fingerprint density at radius 3 is 1.20 bits per heavy atom. The van der Waals surface area contributed by atoms with E-state index in [-0.39, 0.29) is 0 Å². The van der Waals surface area contributed by atoms with Crippen molar-refractivity contribution < 1.29 is 29.6 Å². The molecule has 0 aliphatic carbocycles. The summed E-state index contributed by atoms with van der Waals surface area (Å²) in [6.07, 6.45) is 0. The van der Waals surface area contributed by atoms with Crippen molar-refractivity contribution in [2.24, 2.45) is 0 Å². The maximum absolute atomic E-state index is 10.8. The molecule has 170 valence electrons. The van der Waals surface area contributed by atoms with Gasteiger partial charge in [-0.2, -0.15) is 0 Å². The zero-order valence-corrected chi connectivity index (χ0v) is 21.5. The maximum atomic E-state index is 10.8. The van der Waals surface area contributed by atoms with Crippen LogP contribution in [0.25, 0.3) is 0 Å². The van der Waals surface area contributed by atoms with Crippen molar-refractivity contribution in [2.45, 2.75) is 97.4 Å². The molecule has 1 rings (SSSR count). The first-order valence-electron chi connectivity index (χ1n) is 10.4. The zero-order valence-electron chi connectivity index (χ0n) is 20.5. The van der Waals surface area contributed by atoms with Gasteiger partial charge >= 0.3 is 14.2 Å². The highest BCUT2D eigenvalue weighted by atomic mass is 28.3. The van der Waals surface area contributed by atoms with Crippen molar-refractivity contribution in [1.82, 2.24) is 0 Å². The van der Waals surface area contributed by atoms with Crippen LogP contribution >= 0.6 is 0 Å². The molecule has 1 aromatic carbocycles. The summed E-state index contributed by atoms with van der Waals surface area (Å²) in [4.78, 5) is 0. The second-order valence-electron chi connectivity index (χ2n) is 11.2. The molecule has 0 saturated heterocycles. The van der Waals surface area contributed by atoms with Crippen molar-refractivity contribution in [2.75, 3.05) is 0 Å². The lowest BCUT2D eigenvalue weighted by Gasteiger charge is -2.39. The molecule has 6 nitrogen and oxygen atoms in total. The Morgan fingerprint density at radius 1 is 0.667 bits per heavy atom. The minimum atomic E-state index is -1.81. The highest BCUT2D eigenvalue weighted by molar-refractivity contribution is 6.89. The van der Waals surface area contributed by atoms with Gasteiger partial charge in [-0.3, -0.25) is 0 Å². The molecule has 4 N–H and O–H groups in total. The topological polar surface area (TPSA) is 99.4 Å². The van der Waals surface area contributed by atoms with Crippen molar-refractivity contribution >= 4 is 38.4 Å². The molecular weight excluding hydrogens is 398 g/mol. The standard InChI is InChI=1S/C21H40B2O6Si/c1-18(2,24)20(5,6)28-22(26)15-12-16(14-17(13-15)30(9,10)11)23(27)29-21(7,8)19(3,4)25/h12-14,24-27H,1-11H3. The van der Waals surface area contributed by atoms with Crippen molar-refractivity contribution in [3.63, 3.8) is 0 Å². The van der Waals surface area contributed by atoms with Crippen molar-refractivity contribution in [3.05, 3.63) is 18.2 Å². The summed E-state index contributed by atoms with van der Waals surface area (Å²) in [5, 5.41) is 43.3. The van der Waals surface area contributed by atoms with E-state index in [2.05, 4.69) is 19.6 Å². The van der Waals surface area contributed by atoms with Gasteiger partial charge in [0.1, 0.15) is 0 Å². The first kappa shape index (κ1) is 27.4. The molecule has 1 aromatic rings. The van der Waals surface area contributed by atoms with Crippen LogP contribution in [0.1, 0.15) is 55.4 Å². The average molecular weight is 438 g/mol. The van der Waals surface area contributed by atoms with Crippen molar-refractivity contribution in [3.8, 4) is 0 Å². The van der Waals surface area contributed by atoms with E-state index in [0.717, 1.165) is 5.19 Å². The zero-order chi connectivity index (χ0) is 23.9. The van der Waals surface area contributed by atoms with E-state index in [1.807, 2.05) is 12.1 Å². The van der Waals surface area contributed by atoms with E-state index >= 15 is 0 Å². The lowest BCUT2D eigenvalue weighted by atomic mass is 9.70. The predicted octanol–water partition coefficient (Wildman–Crippen LogP) is 0.739. The molecule has 0 aliphatic rings. The summed E-state index contributed by atoms with van der Waals surface area (Å²) in [5.41, 5.74) is -3.42. The van der Waals surface area contributed by atoms with Crippen LogP contribution in [0.15, 0.2) is 18.2 Å². The molecule has 0 fully saturated rings.